The molecule has 1 aromatic heterocycles. The molecule has 0 aliphatic carbocycles. The van der Waals surface area contributed by atoms with E-state index in [9.17, 15) is 4.79 Å². The molecule has 0 saturated carbocycles. The highest BCUT2D eigenvalue weighted by atomic mass is 32.1. The van der Waals surface area contributed by atoms with Crippen LogP contribution in [0, 0.1) is 0 Å². The fourth-order valence-electron chi connectivity index (χ4n) is 2.93. The summed E-state index contributed by atoms with van der Waals surface area (Å²) in [5, 5.41) is 4.13. The number of nitrogens with zero attached hydrogens (tertiary/aromatic N) is 2. The molecule has 0 radical (unpaired) electrons. The third kappa shape index (κ3) is 5.76. The number of nitrogens with two attached hydrogens (primary N) is 1. The molecule has 7 heteroatoms. The molecule has 0 bridgehead atoms. The summed E-state index contributed by atoms with van der Waals surface area (Å²) >= 11 is 1.65. The first-order valence-corrected chi connectivity index (χ1v) is 9.13. The normalized spacial score (nSPS) is 17.9. The molecule has 6 nitrogen and oxygen atoms in total. The Morgan fingerprint density at radius 3 is 2.87 bits per heavy atom. The maximum absolute atomic E-state index is 12.3. The van der Waals surface area contributed by atoms with Gasteiger partial charge in [0.05, 0.1) is 7.11 Å². The largest absolute Gasteiger partial charge is 0.341 e. The lowest BCUT2D eigenvalue weighted by Crippen LogP contribution is -2.50. The Labute approximate surface area is 142 Å². The van der Waals surface area contributed by atoms with Crippen molar-refractivity contribution in [2.45, 2.75) is 44.8 Å². The van der Waals surface area contributed by atoms with Crippen LogP contribution in [-0.4, -0.2) is 54.7 Å². The van der Waals surface area contributed by atoms with Crippen molar-refractivity contribution in [2.75, 3.05) is 26.7 Å². The number of hydrogen-bond acceptors (Lipinski definition) is 5. The van der Waals surface area contributed by atoms with E-state index < -0.39 is 0 Å². The van der Waals surface area contributed by atoms with Crippen LogP contribution in [0.1, 0.15) is 31.7 Å². The van der Waals surface area contributed by atoms with Gasteiger partial charge in [-0.25, -0.2) is 10.3 Å². The fraction of sp³-hybridized carbons (Fsp3) is 0.688. The van der Waals surface area contributed by atoms with Gasteiger partial charge in [0.2, 0.25) is 0 Å². The van der Waals surface area contributed by atoms with Crippen molar-refractivity contribution in [2.24, 2.45) is 5.73 Å². The van der Waals surface area contributed by atoms with Crippen LogP contribution < -0.4 is 11.2 Å². The average molecular weight is 340 g/mol. The molecular formula is C16H28N4O2S. The number of amides is 2. The summed E-state index contributed by atoms with van der Waals surface area (Å²) in [5.41, 5.74) is 9.47. The molecule has 1 unspecified atom stereocenters. The Morgan fingerprint density at radius 1 is 1.57 bits per heavy atom. The second-order valence-electron chi connectivity index (χ2n) is 6.21. The predicted octanol–water partition coefficient (Wildman–Crippen LogP) is 2.02. The standard InChI is InChI=1S/C16H28N4O2S/c1-13(17)3-7-19-8-4-15(5-9-19)20(16(21)18-22-2)11-14-6-10-23-12-14/h6,10,12-13,15H,3-5,7-9,11,17H2,1-2H3,(H,18,21). The van der Waals surface area contributed by atoms with Crippen molar-refractivity contribution in [1.29, 1.82) is 0 Å². The highest BCUT2D eigenvalue weighted by Crippen LogP contribution is 2.20. The number of hydrogen-bond donors (Lipinski definition) is 2. The molecular weight excluding hydrogens is 312 g/mol. The van der Waals surface area contributed by atoms with Crippen molar-refractivity contribution in [3.63, 3.8) is 0 Å². The van der Waals surface area contributed by atoms with Crippen molar-refractivity contribution in [1.82, 2.24) is 15.3 Å². The average Bonchev–Trinajstić information content (AvgIpc) is 3.04. The smallest absolute Gasteiger partial charge is 0.328 e. The molecule has 1 atom stereocenters. The molecule has 130 valence electrons. The number of rotatable bonds is 7. The van der Waals surface area contributed by atoms with Crippen molar-refractivity contribution >= 4 is 17.4 Å². The Hall–Kier alpha value is -1.15. The number of piperidine rings is 1. The Morgan fingerprint density at radius 2 is 2.30 bits per heavy atom. The molecule has 1 saturated heterocycles. The van der Waals surface area contributed by atoms with Gasteiger partial charge in [0.15, 0.2) is 0 Å². The first kappa shape index (κ1) is 18.2. The second kappa shape index (κ2) is 9.22. The summed E-state index contributed by atoms with van der Waals surface area (Å²) < 4.78 is 0. The minimum Gasteiger partial charge on any atom is -0.328 e. The zero-order valence-electron chi connectivity index (χ0n) is 14.0. The van der Waals surface area contributed by atoms with E-state index in [4.69, 9.17) is 10.6 Å². The van der Waals surface area contributed by atoms with Gasteiger partial charge in [0, 0.05) is 31.7 Å². The molecule has 1 fully saturated rings. The number of thiophene rings is 1. The molecule has 1 aliphatic rings. The van der Waals surface area contributed by atoms with Crippen LogP contribution >= 0.6 is 11.3 Å². The van der Waals surface area contributed by atoms with Crippen LogP contribution in [0.5, 0.6) is 0 Å². The SMILES string of the molecule is CONC(=O)N(Cc1ccsc1)C1CCN(CCC(C)N)CC1. The summed E-state index contributed by atoms with van der Waals surface area (Å²) in [7, 11) is 1.47. The van der Waals surface area contributed by atoms with E-state index in [0.29, 0.717) is 6.54 Å². The van der Waals surface area contributed by atoms with E-state index >= 15 is 0 Å². The number of hydroxylamine groups is 1. The van der Waals surface area contributed by atoms with Gasteiger partial charge >= 0.3 is 6.03 Å². The van der Waals surface area contributed by atoms with Gasteiger partial charge in [0.25, 0.3) is 0 Å². The van der Waals surface area contributed by atoms with Gasteiger partial charge in [-0.05, 0) is 55.1 Å². The third-order valence-corrected chi connectivity index (χ3v) is 5.01. The van der Waals surface area contributed by atoms with Crippen LogP contribution in [0.3, 0.4) is 0 Å². The van der Waals surface area contributed by atoms with Crippen molar-refractivity contribution in [3.8, 4) is 0 Å². The Kier molecular flexibility index (Phi) is 7.29. The van der Waals surface area contributed by atoms with Crippen LogP contribution in [-0.2, 0) is 11.4 Å². The van der Waals surface area contributed by atoms with Crippen LogP contribution in [0.4, 0.5) is 4.79 Å². The van der Waals surface area contributed by atoms with Gasteiger partial charge < -0.3 is 15.5 Å². The lowest BCUT2D eigenvalue weighted by atomic mass is 10.0. The van der Waals surface area contributed by atoms with Crippen LogP contribution in [0.25, 0.3) is 0 Å². The number of nitrogens with one attached hydrogen (secondary N) is 1. The van der Waals surface area contributed by atoms with Crippen molar-refractivity contribution < 1.29 is 9.63 Å². The van der Waals surface area contributed by atoms with E-state index in [1.165, 1.54) is 12.7 Å². The second-order valence-corrected chi connectivity index (χ2v) is 6.99. The highest BCUT2D eigenvalue weighted by molar-refractivity contribution is 7.07. The lowest BCUT2D eigenvalue weighted by molar-refractivity contribution is 0.0622. The Bertz CT molecular complexity index is 459. The molecule has 2 heterocycles. The number of carbonyl (C=O) groups is 1. The number of likely N-dealkylation sites (tertiary alicyclic amines) is 1. The van der Waals surface area contributed by atoms with E-state index in [1.807, 2.05) is 17.2 Å². The first-order chi connectivity index (χ1) is 11.1. The van der Waals surface area contributed by atoms with Gasteiger partial charge in [0.1, 0.15) is 0 Å². The number of carbonyl (C=O) groups excluding carboxylic acids is 1. The van der Waals surface area contributed by atoms with Gasteiger partial charge in [-0.3, -0.25) is 4.84 Å². The first-order valence-electron chi connectivity index (χ1n) is 8.18. The van der Waals surface area contributed by atoms with E-state index in [-0.39, 0.29) is 18.1 Å². The maximum Gasteiger partial charge on any atom is 0.341 e. The summed E-state index contributed by atoms with van der Waals surface area (Å²) in [6, 6.07) is 2.40. The Balaban J connectivity index is 1.90. The maximum atomic E-state index is 12.3. The highest BCUT2D eigenvalue weighted by Gasteiger charge is 2.28. The summed E-state index contributed by atoms with van der Waals surface area (Å²) in [6.07, 6.45) is 2.99. The molecule has 2 amide bonds. The summed E-state index contributed by atoms with van der Waals surface area (Å²) in [4.78, 5) is 21.5. The van der Waals surface area contributed by atoms with Crippen LogP contribution in [0.2, 0.25) is 0 Å². The molecule has 0 aromatic carbocycles. The van der Waals surface area contributed by atoms with E-state index in [0.717, 1.165) is 38.9 Å². The van der Waals surface area contributed by atoms with E-state index in [2.05, 4.69) is 21.8 Å². The minimum atomic E-state index is -0.160. The topological polar surface area (TPSA) is 70.8 Å². The fourth-order valence-corrected chi connectivity index (χ4v) is 3.59. The van der Waals surface area contributed by atoms with Gasteiger partial charge in [-0.2, -0.15) is 11.3 Å². The number of urea groups is 1. The van der Waals surface area contributed by atoms with Crippen molar-refractivity contribution in [3.05, 3.63) is 22.4 Å². The monoisotopic (exact) mass is 340 g/mol. The molecule has 3 N–H and O–H groups in total. The predicted molar refractivity (Wildman–Crippen MR) is 93.1 cm³/mol. The third-order valence-electron chi connectivity index (χ3n) is 4.28. The summed E-state index contributed by atoms with van der Waals surface area (Å²) in [5.74, 6) is 0. The van der Waals surface area contributed by atoms with E-state index in [1.54, 1.807) is 11.3 Å². The van der Waals surface area contributed by atoms with Gasteiger partial charge in [-0.15, -0.1) is 0 Å². The van der Waals surface area contributed by atoms with Crippen LogP contribution in [0.15, 0.2) is 16.8 Å². The molecule has 1 aliphatic heterocycles. The molecule has 0 spiro atoms. The molecule has 2 rings (SSSR count). The molecule has 23 heavy (non-hydrogen) atoms. The summed E-state index contributed by atoms with van der Waals surface area (Å²) in [6.45, 7) is 5.74. The van der Waals surface area contributed by atoms with Gasteiger partial charge in [-0.1, -0.05) is 0 Å². The quantitative estimate of drug-likeness (QED) is 0.745. The molecule has 1 aromatic rings. The lowest BCUT2D eigenvalue weighted by Gasteiger charge is -2.38. The zero-order valence-corrected chi connectivity index (χ0v) is 14.8. The minimum absolute atomic E-state index is 0.160. The zero-order chi connectivity index (χ0) is 16.7.